The maximum atomic E-state index is 13.4. The number of nitrogens with zero attached hydrogens (tertiary/aromatic N) is 3. The Morgan fingerprint density at radius 2 is 2.00 bits per heavy atom. The lowest BCUT2D eigenvalue weighted by Crippen LogP contribution is -2.60. The lowest BCUT2D eigenvalue weighted by Gasteiger charge is -2.32. The van der Waals surface area contributed by atoms with Crippen LogP contribution in [0, 0.1) is 0 Å². The van der Waals surface area contributed by atoms with Crippen LogP contribution in [-0.4, -0.2) is 34.8 Å². The summed E-state index contributed by atoms with van der Waals surface area (Å²) >= 11 is 4.91. The number of hydrogen-bond acceptors (Lipinski definition) is 7. The zero-order valence-corrected chi connectivity index (χ0v) is 22.7. The molecule has 0 saturated carbocycles. The van der Waals surface area contributed by atoms with Gasteiger partial charge in [-0.15, -0.1) is 0 Å². The lowest BCUT2D eigenvalue weighted by molar-refractivity contribution is -0.763. The van der Waals surface area contributed by atoms with E-state index in [-0.39, 0.29) is 17.2 Å². The molecule has 0 unspecified atom stereocenters. The van der Waals surface area contributed by atoms with Gasteiger partial charge in [-0.25, -0.2) is 4.90 Å². The number of amides is 1. The summed E-state index contributed by atoms with van der Waals surface area (Å²) in [6.07, 6.45) is 1.04. The Kier molecular flexibility index (Phi) is 7.79. The van der Waals surface area contributed by atoms with E-state index in [4.69, 9.17) is 14.6 Å². The van der Waals surface area contributed by atoms with Crippen LogP contribution in [0.2, 0.25) is 0 Å². The number of para-hydroxylation sites is 1. The van der Waals surface area contributed by atoms with Crippen molar-refractivity contribution in [3.8, 4) is 22.8 Å². The maximum Gasteiger partial charge on any atom is 0.325 e. The first-order chi connectivity index (χ1) is 17.3. The molecular weight excluding hydrogens is 548 g/mol. The number of carbonyl (C=O) groups excluding carboxylic acids is 2. The van der Waals surface area contributed by atoms with Gasteiger partial charge >= 0.3 is 17.2 Å². The number of esters is 1. The molecule has 1 aliphatic heterocycles. The van der Waals surface area contributed by atoms with Gasteiger partial charge in [-0.3, -0.25) is 19.4 Å². The van der Waals surface area contributed by atoms with Crippen LogP contribution in [0.25, 0.3) is 11.3 Å². The highest BCUT2D eigenvalue weighted by molar-refractivity contribution is 9.10. The van der Waals surface area contributed by atoms with E-state index < -0.39 is 12.1 Å². The molecule has 4 rings (SSSR count). The Morgan fingerprint density at radius 3 is 2.67 bits per heavy atom. The Balaban J connectivity index is 2.06. The predicted octanol–water partition coefficient (Wildman–Crippen LogP) is 4.23. The number of benzene rings is 2. The highest BCUT2D eigenvalue weighted by atomic mass is 79.9. The van der Waals surface area contributed by atoms with Crippen molar-refractivity contribution in [2.24, 2.45) is 0 Å². The second kappa shape index (κ2) is 10.8. The Labute approximate surface area is 220 Å². The van der Waals surface area contributed by atoms with Crippen LogP contribution in [0.15, 0.2) is 50.8 Å². The summed E-state index contributed by atoms with van der Waals surface area (Å²) in [5.41, 5.74) is 1.50. The molecule has 1 atom stereocenters. The molecule has 11 heteroatoms. The molecule has 0 bridgehead atoms. The first kappa shape index (κ1) is 25.9. The SMILES string of the molecule is CCCCSc1n[n+]2c(c(=O)[nH]1)-c1ccccc1N(C(C)=O)[C@H]2c1cc(OC)cc(Br)c1OC(C)=O. The van der Waals surface area contributed by atoms with E-state index >= 15 is 0 Å². The molecule has 1 aliphatic rings. The second-order valence-electron chi connectivity index (χ2n) is 8.16. The lowest BCUT2D eigenvalue weighted by atomic mass is 10.0. The largest absolute Gasteiger partial charge is 0.497 e. The quantitative estimate of drug-likeness (QED) is 0.148. The van der Waals surface area contributed by atoms with Gasteiger partial charge < -0.3 is 9.47 Å². The normalized spacial score (nSPS) is 14.1. The minimum Gasteiger partial charge on any atom is -0.497 e. The third-order valence-corrected chi connectivity index (χ3v) is 7.18. The summed E-state index contributed by atoms with van der Waals surface area (Å²) in [6.45, 7) is 4.83. The van der Waals surface area contributed by atoms with E-state index in [1.807, 2.05) is 0 Å². The maximum absolute atomic E-state index is 13.4. The smallest absolute Gasteiger partial charge is 0.325 e. The van der Waals surface area contributed by atoms with E-state index in [1.165, 1.54) is 37.4 Å². The molecule has 2 aromatic carbocycles. The molecule has 3 aromatic rings. The molecule has 0 saturated heterocycles. The van der Waals surface area contributed by atoms with Crippen molar-refractivity contribution in [3.63, 3.8) is 0 Å². The first-order valence-corrected chi connectivity index (χ1v) is 13.2. The highest BCUT2D eigenvalue weighted by Crippen LogP contribution is 2.43. The van der Waals surface area contributed by atoms with Gasteiger partial charge in [0.25, 0.3) is 6.17 Å². The third kappa shape index (κ3) is 4.90. The summed E-state index contributed by atoms with van der Waals surface area (Å²) in [5.74, 6) is 0.646. The topological polar surface area (TPSA) is 105 Å². The number of carbonyl (C=O) groups is 2. The number of rotatable bonds is 7. The number of H-pyrrole nitrogens is 1. The standard InChI is InChI=1S/C25H25BrN4O5S/c1-5-6-11-36-25-27-23(33)21-17-9-7-8-10-20(17)29(14(2)31)24(30(21)28-25)18-12-16(34-4)13-19(26)22(18)35-15(3)32/h7-10,12-13,24H,5-6,11H2,1-4H3/p+1/t24-/m1/s1. The van der Waals surface area contributed by atoms with Crippen LogP contribution in [0.3, 0.4) is 0 Å². The first-order valence-electron chi connectivity index (χ1n) is 11.4. The molecule has 1 N–H and O–H groups in total. The molecule has 1 amide bonds. The molecule has 0 spiro atoms. The fraction of sp³-hybridized carbons (Fsp3) is 0.320. The summed E-state index contributed by atoms with van der Waals surface area (Å²) in [6, 6.07) is 10.5. The number of anilines is 1. The molecule has 1 aromatic heterocycles. The Bertz CT molecular complexity index is 1390. The number of halogens is 1. The van der Waals surface area contributed by atoms with Gasteiger partial charge in [0.2, 0.25) is 11.1 Å². The van der Waals surface area contributed by atoms with E-state index in [0.717, 1.165) is 18.6 Å². The monoisotopic (exact) mass is 573 g/mol. The van der Waals surface area contributed by atoms with Gasteiger partial charge in [0.05, 0.1) is 28.4 Å². The van der Waals surface area contributed by atoms with Crippen LogP contribution < -0.4 is 24.6 Å². The minimum absolute atomic E-state index is 0.208. The van der Waals surface area contributed by atoms with Crippen molar-refractivity contribution in [2.45, 2.75) is 44.9 Å². The van der Waals surface area contributed by atoms with Gasteiger partial charge in [-0.2, -0.15) is 0 Å². The van der Waals surface area contributed by atoms with Crippen molar-refractivity contribution >= 4 is 45.3 Å². The van der Waals surface area contributed by atoms with Gasteiger partial charge in [-0.1, -0.05) is 37.2 Å². The minimum atomic E-state index is -0.930. The molecule has 2 heterocycles. The van der Waals surface area contributed by atoms with Crippen molar-refractivity contribution in [2.75, 3.05) is 17.8 Å². The zero-order chi connectivity index (χ0) is 26.0. The van der Waals surface area contributed by atoms with Crippen molar-refractivity contribution in [1.82, 2.24) is 10.1 Å². The predicted molar refractivity (Wildman–Crippen MR) is 139 cm³/mol. The molecule has 36 heavy (non-hydrogen) atoms. The number of thioether (sulfide) groups is 1. The van der Waals surface area contributed by atoms with E-state index in [2.05, 4.69) is 27.8 Å². The van der Waals surface area contributed by atoms with E-state index in [9.17, 15) is 14.4 Å². The summed E-state index contributed by atoms with van der Waals surface area (Å²) < 4.78 is 13.1. The number of ether oxygens (including phenoxy) is 2. The zero-order valence-electron chi connectivity index (χ0n) is 20.3. The number of aromatic amines is 1. The molecule has 0 radical (unpaired) electrons. The fourth-order valence-corrected chi connectivity index (χ4v) is 5.59. The molecule has 0 aliphatic carbocycles. The number of unbranched alkanes of at least 4 members (excludes halogenated alkanes) is 1. The van der Waals surface area contributed by atoms with E-state index in [0.29, 0.717) is 37.9 Å². The third-order valence-electron chi connectivity index (χ3n) is 5.64. The average Bonchev–Trinajstić information content (AvgIpc) is 2.84. The molecular formula is C25H26BrN4O5S+. The Hall–Kier alpha value is -3.18. The van der Waals surface area contributed by atoms with Crippen LogP contribution in [0.1, 0.15) is 45.3 Å². The van der Waals surface area contributed by atoms with Crippen molar-refractivity contribution in [1.29, 1.82) is 0 Å². The summed E-state index contributed by atoms with van der Waals surface area (Å²) in [7, 11) is 1.52. The number of aromatic nitrogens is 3. The van der Waals surface area contributed by atoms with Crippen LogP contribution in [0.4, 0.5) is 5.69 Å². The number of methoxy groups -OCH3 is 1. The number of nitrogens with one attached hydrogen (secondary N) is 1. The molecule has 9 nitrogen and oxygen atoms in total. The molecule has 188 valence electrons. The van der Waals surface area contributed by atoms with Gasteiger partial charge in [0, 0.05) is 24.7 Å². The molecule has 0 fully saturated rings. The second-order valence-corrected chi connectivity index (χ2v) is 10.1. The number of hydrogen-bond donors (Lipinski definition) is 1. The Morgan fingerprint density at radius 1 is 1.25 bits per heavy atom. The van der Waals surface area contributed by atoms with Gasteiger partial charge in [0.15, 0.2) is 5.75 Å². The average molecular weight is 574 g/mol. The van der Waals surface area contributed by atoms with E-state index in [1.54, 1.807) is 41.3 Å². The van der Waals surface area contributed by atoms with Crippen LogP contribution in [-0.2, 0) is 9.59 Å². The van der Waals surface area contributed by atoms with Crippen molar-refractivity contribution in [3.05, 3.63) is 56.8 Å². The fourth-order valence-electron chi connectivity index (χ4n) is 4.12. The van der Waals surface area contributed by atoms with Gasteiger partial charge in [-0.05, 0) is 51.3 Å². The van der Waals surface area contributed by atoms with Crippen LogP contribution >= 0.6 is 27.7 Å². The van der Waals surface area contributed by atoms with Gasteiger partial charge in [0.1, 0.15) is 5.75 Å². The van der Waals surface area contributed by atoms with Crippen molar-refractivity contribution < 1.29 is 23.7 Å². The summed E-state index contributed by atoms with van der Waals surface area (Å²) in [5, 5.41) is 5.21. The highest BCUT2D eigenvalue weighted by Gasteiger charge is 2.46. The van der Waals surface area contributed by atoms with Crippen LogP contribution in [0.5, 0.6) is 11.5 Å². The summed E-state index contributed by atoms with van der Waals surface area (Å²) in [4.78, 5) is 43.0. The number of fused-ring (bicyclic) bond motifs is 3.